The number of rotatable bonds is 5. The molecule has 0 saturated carbocycles. The normalized spacial score (nSPS) is 13.5. The van der Waals surface area contributed by atoms with Crippen molar-refractivity contribution >= 4 is 133 Å². The smallest absolute Gasteiger partial charge is 0.252 e. The molecule has 0 amide bonds. The average Bonchev–Trinajstić information content (AvgIpc) is 3.33. The molecule has 0 spiro atoms. The zero-order valence-electron chi connectivity index (χ0n) is 39.7. The lowest BCUT2D eigenvalue weighted by molar-refractivity contribution is 0.586. The predicted molar refractivity (Wildman–Crippen MR) is 290 cm³/mol. The molecule has 4 heterocycles. The summed E-state index contributed by atoms with van der Waals surface area (Å²) in [6.07, 6.45) is 0. The maximum Gasteiger partial charge on any atom is 0.252 e. The Bertz CT molecular complexity index is 3740. The zero-order valence-corrected chi connectivity index (χ0v) is 39.7. The number of nitrogens with one attached hydrogen (secondary N) is 1. The molecule has 12 heteroatoms. The fraction of sp³-hybridized carbons (Fsp3) is 0.0847. The Kier molecular flexibility index (Phi) is 9.50. The highest BCUT2D eigenvalue weighted by Gasteiger charge is 2.48. The molecule has 4 aliphatic rings. The summed E-state index contributed by atoms with van der Waals surface area (Å²) in [5.41, 5.74) is 26.4. The molecule has 0 unspecified atom stereocenters. The Balaban J connectivity index is 1.12. The second kappa shape index (κ2) is 15.7. The van der Waals surface area contributed by atoms with Gasteiger partial charge in [-0.3, -0.25) is 0 Å². The van der Waals surface area contributed by atoms with Crippen LogP contribution in [0.5, 0.6) is 0 Å². The number of nitrogens with zero attached hydrogens (tertiary/aromatic N) is 3. The number of nitrogens with two attached hydrogens (primary N) is 1. The lowest BCUT2D eigenvalue weighted by Gasteiger charge is -2.46. The van der Waals surface area contributed by atoms with E-state index in [2.05, 4.69) is 73.8 Å². The van der Waals surface area contributed by atoms with Gasteiger partial charge in [0.1, 0.15) is 29.0 Å². The van der Waals surface area contributed by atoms with Crippen LogP contribution in [0.15, 0.2) is 152 Å². The van der Waals surface area contributed by atoms with Crippen molar-refractivity contribution in [3.63, 3.8) is 0 Å². The summed E-state index contributed by atoms with van der Waals surface area (Å²) in [6, 6.07) is 47.3. The Labute approximate surface area is 411 Å². The molecule has 3 N–H and O–H groups in total. The quantitative estimate of drug-likeness (QED) is 0.103. The van der Waals surface area contributed by atoms with Crippen molar-refractivity contribution in [3.8, 4) is 0 Å². The van der Waals surface area contributed by atoms with Crippen molar-refractivity contribution in [1.82, 2.24) is 0 Å². The molecule has 9 aromatic rings. The van der Waals surface area contributed by atoms with Crippen LogP contribution in [0.1, 0.15) is 27.8 Å². The van der Waals surface area contributed by atoms with E-state index in [-0.39, 0.29) is 18.2 Å². The van der Waals surface area contributed by atoms with Crippen LogP contribution in [0.3, 0.4) is 0 Å². The molecule has 0 bridgehead atoms. The number of halogens is 4. The summed E-state index contributed by atoms with van der Waals surface area (Å²) in [5, 5.41) is 3.82. The van der Waals surface area contributed by atoms with Crippen LogP contribution in [-0.4, -0.2) is 20.7 Å². The van der Waals surface area contributed by atoms with Gasteiger partial charge in [-0.1, -0.05) is 107 Å². The number of benzene rings is 9. The molecular weight excluding hydrogens is 887 g/mol. The Hall–Kier alpha value is -8.11. The molecule has 0 fully saturated rings. The first-order chi connectivity index (χ1) is 34.4. The number of nitrogen functional groups attached to an aromatic ring is 1. The summed E-state index contributed by atoms with van der Waals surface area (Å²) in [7, 11) is 0.696. The third-order valence-electron chi connectivity index (χ3n) is 15.2. The molecule has 0 radical (unpaired) electrons. The minimum atomic E-state index is -0.700. The number of aryl methyl sites for hydroxylation is 5. The van der Waals surface area contributed by atoms with Gasteiger partial charge in [-0.2, -0.15) is 0 Å². The number of fused-ring (bicyclic) bond motifs is 8. The van der Waals surface area contributed by atoms with Crippen LogP contribution in [0.25, 0.3) is 0 Å². The molecular formula is C59H44B3F4N5. The Morgan fingerprint density at radius 2 is 0.944 bits per heavy atom. The van der Waals surface area contributed by atoms with E-state index in [0.717, 1.165) is 83.4 Å². The van der Waals surface area contributed by atoms with Crippen LogP contribution in [0.4, 0.5) is 85.8 Å². The van der Waals surface area contributed by atoms with Crippen molar-refractivity contribution in [2.75, 3.05) is 25.8 Å². The van der Waals surface area contributed by atoms with Crippen molar-refractivity contribution < 1.29 is 17.6 Å². The van der Waals surface area contributed by atoms with E-state index >= 15 is 17.6 Å². The number of anilines is 12. The first-order valence-corrected chi connectivity index (χ1v) is 24.0. The molecule has 342 valence electrons. The van der Waals surface area contributed by atoms with E-state index in [1.165, 1.54) is 41.4 Å². The molecule has 0 aromatic heterocycles. The molecule has 9 aromatic carbocycles. The Morgan fingerprint density at radius 1 is 0.408 bits per heavy atom. The molecule has 13 rings (SSSR count). The lowest BCUT2D eigenvalue weighted by atomic mass is 9.30. The van der Waals surface area contributed by atoms with Gasteiger partial charge in [-0.15, -0.1) is 0 Å². The van der Waals surface area contributed by atoms with Gasteiger partial charge in [0.2, 0.25) is 0 Å². The monoisotopic (exact) mass is 931 g/mol. The lowest BCUT2D eigenvalue weighted by Crippen LogP contribution is -2.65. The first kappa shape index (κ1) is 43.0. The second-order valence-corrected chi connectivity index (χ2v) is 19.6. The highest BCUT2D eigenvalue weighted by Crippen LogP contribution is 2.49. The van der Waals surface area contributed by atoms with E-state index < -0.39 is 24.2 Å². The molecule has 71 heavy (non-hydrogen) atoms. The van der Waals surface area contributed by atoms with Crippen LogP contribution in [0.2, 0.25) is 0 Å². The van der Waals surface area contributed by atoms with Crippen molar-refractivity contribution in [2.45, 2.75) is 34.6 Å². The van der Waals surface area contributed by atoms with Gasteiger partial charge >= 0.3 is 0 Å². The highest BCUT2D eigenvalue weighted by molar-refractivity contribution is 7.03. The molecule has 5 nitrogen and oxygen atoms in total. The van der Waals surface area contributed by atoms with Gasteiger partial charge in [0, 0.05) is 51.2 Å². The largest absolute Gasteiger partial charge is 0.399 e. The zero-order chi connectivity index (χ0) is 48.7. The van der Waals surface area contributed by atoms with E-state index in [9.17, 15) is 0 Å². The third-order valence-corrected chi connectivity index (χ3v) is 15.2. The standard InChI is InChI=1S/C59H44B3F4N5/c1-31-23-52-56-53(24-31)71(58-34(4)15-11-19-44(58)64)51-30-47-40(29-42(51)61(56)39-17-8-9-22-49(39)69(52)59-45(65)20-12-21-46(59)66)62-41-28-38(60-37-16-7-6-13-32(37)2)35(5)25-50(41)70(57-33(3)14-10-18-43(57)63)54-27-36(67)26-48(68-47)55(54)62/h6-30,60,68H,67H2,1-5H3. The van der Waals surface area contributed by atoms with E-state index in [4.69, 9.17) is 5.73 Å². The topological polar surface area (TPSA) is 47.8 Å². The minimum Gasteiger partial charge on any atom is -0.399 e. The van der Waals surface area contributed by atoms with Crippen molar-refractivity contribution in [3.05, 3.63) is 203 Å². The Morgan fingerprint density at radius 3 is 1.61 bits per heavy atom. The van der Waals surface area contributed by atoms with Gasteiger partial charge < -0.3 is 25.8 Å². The highest BCUT2D eigenvalue weighted by atomic mass is 19.1. The summed E-state index contributed by atoms with van der Waals surface area (Å²) in [4.78, 5) is 5.74. The van der Waals surface area contributed by atoms with E-state index in [0.29, 0.717) is 47.0 Å². The van der Waals surface area contributed by atoms with Crippen molar-refractivity contribution in [1.29, 1.82) is 0 Å². The van der Waals surface area contributed by atoms with Crippen LogP contribution in [-0.2, 0) is 0 Å². The molecule has 4 aliphatic heterocycles. The third kappa shape index (κ3) is 6.29. The maximum atomic E-state index is 16.9. The van der Waals surface area contributed by atoms with Crippen LogP contribution >= 0.6 is 0 Å². The maximum absolute atomic E-state index is 16.9. The van der Waals surface area contributed by atoms with Crippen LogP contribution < -0.4 is 69.5 Å². The van der Waals surface area contributed by atoms with E-state index in [1.54, 1.807) is 17.0 Å². The number of para-hydroxylation sites is 4. The fourth-order valence-electron chi connectivity index (χ4n) is 12.1. The second-order valence-electron chi connectivity index (χ2n) is 19.6. The van der Waals surface area contributed by atoms with Gasteiger partial charge in [-0.05, 0) is 151 Å². The minimum absolute atomic E-state index is 0.186. The summed E-state index contributed by atoms with van der Waals surface area (Å²) < 4.78 is 66.0. The molecule has 0 atom stereocenters. The fourth-order valence-corrected chi connectivity index (χ4v) is 12.1. The van der Waals surface area contributed by atoms with Gasteiger partial charge in [0.05, 0.1) is 11.4 Å². The summed E-state index contributed by atoms with van der Waals surface area (Å²) in [5.74, 6) is -2.16. The van der Waals surface area contributed by atoms with Gasteiger partial charge in [0.25, 0.3) is 13.4 Å². The number of hydrogen-bond acceptors (Lipinski definition) is 5. The van der Waals surface area contributed by atoms with Crippen molar-refractivity contribution in [2.24, 2.45) is 0 Å². The first-order valence-electron chi connectivity index (χ1n) is 24.0. The molecule has 0 aliphatic carbocycles. The average molecular weight is 931 g/mol. The van der Waals surface area contributed by atoms with Crippen LogP contribution in [0, 0.1) is 57.9 Å². The molecule has 0 saturated heterocycles. The van der Waals surface area contributed by atoms with E-state index in [1.807, 2.05) is 85.2 Å². The van der Waals surface area contributed by atoms with Gasteiger partial charge in [0.15, 0.2) is 7.28 Å². The summed E-state index contributed by atoms with van der Waals surface area (Å²) in [6.45, 7) is 9.23. The predicted octanol–water partition coefficient (Wildman–Crippen LogP) is 9.19. The SMILES string of the molecule is Cc1cc2c3c(c1)N(c1c(F)cccc1F)c1ccccc1B3c1cc3c(cc1N2c1c(C)cccc1F)Nc1cc(N)cc2c1B3c1cc(Bc3ccccc3C)c(C)cc1N2c1c(C)cccc1F. The number of hydrogen-bond donors (Lipinski definition) is 2. The summed E-state index contributed by atoms with van der Waals surface area (Å²) >= 11 is 0. The van der Waals surface area contributed by atoms with Gasteiger partial charge in [-0.25, -0.2) is 17.6 Å².